The fourth-order valence-corrected chi connectivity index (χ4v) is 2.05. The molecule has 3 aromatic rings. The molecule has 2 aromatic heterocycles. The number of aromatic nitrogens is 4. The van der Waals surface area contributed by atoms with Gasteiger partial charge in [-0.15, -0.1) is 0 Å². The SMILES string of the molecule is CNCc1cccc(OCc2cc(=O)n3[nH]cnc3n2)c1. The largest absolute Gasteiger partial charge is 0.487 e. The van der Waals surface area contributed by atoms with Crippen LogP contribution >= 0.6 is 0 Å². The van der Waals surface area contributed by atoms with E-state index in [0.717, 1.165) is 17.9 Å². The smallest absolute Gasteiger partial charge is 0.274 e. The Kier molecular flexibility index (Phi) is 3.65. The number of hydrogen-bond acceptors (Lipinski definition) is 5. The van der Waals surface area contributed by atoms with E-state index in [4.69, 9.17) is 4.74 Å². The summed E-state index contributed by atoms with van der Waals surface area (Å²) in [5.41, 5.74) is 1.47. The Labute approximate surface area is 120 Å². The molecule has 0 aliphatic rings. The van der Waals surface area contributed by atoms with Gasteiger partial charge in [-0.2, -0.15) is 4.52 Å². The molecule has 0 spiro atoms. The van der Waals surface area contributed by atoms with Gasteiger partial charge in [0, 0.05) is 12.6 Å². The molecule has 7 heteroatoms. The Hall–Kier alpha value is -2.67. The fraction of sp³-hybridized carbons (Fsp3) is 0.214. The van der Waals surface area contributed by atoms with Crippen molar-refractivity contribution in [1.82, 2.24) is 24.9 Å². The molecular weight excluding hydrogens is 270 g/mol. The van der Waals surface area contributed by atoms with E-state index < -0.39 is 0 Å². The average Bonchev–Trinajstić information content (AvgIpc) is 2.95. The van der Waals surface area contributed by atoms with E-state index in [1.54, 1.807) is 0 Å². The highest BCUT2D eigenvalue weighted by atomic mass is 16.5. The maximum atomic E-state index is 11.8. The van der Waals surface area contributed by atoms with Gasteiger partial charge in [0.1, 0.15) is 18.7 Å². The van der Waals surface area contributed by atoms with E-state index in [2.05, 4.69) is 20.4 Å². The van der Waals surface area contributed by atoms with E-state index in [1.807, 2.05) is 31.3 Å². The van der Waals surface area contributed by atoms with Crippen LogP contribution in [0.15, 0.2) is 41.5 Å². The molecule has 7 nitrogen and oxygen atoms in total. The zero-order valence-corrected chi connectivity index (χ0v) is 11.5. The zero-order chi connectivity index (χ0) is 14.7. The van der Waals surface area contributed by atoms with Gasteiger partial charge in [0.25, 0.3) is 11.3 Å². The topological polar surface area (TPSA) is 84.3 Å². The molecule has 0 bridgehead atoms. The number of H-pyrrole nitrogens is 1. The van der Waals surface area contributed by atoms with Gasteiger partial charge in [0.15, 0.2) is 0 Å². The van der Waals surface area contributed by atoms with Crippen molar-refractivity contribution >= 4 is 5.78 Å². The molecule has 0 saturated heterocycles. The molecule has 2 N–H and O–H groups in total. The maximum absolute atomic E-state index is 11.8. The van der Waals surface area contributed by atoms with Crippen LogP contribution in [0.1, 0.15) is 11.3 Å². The molecule has 1 aromatic carbocycles. The lowest BCUT2D eigenvalue weighted by molar-refractivity contribution is 0.301. The van der Waals surface area contributed by atoms with Crippen molar-refractivity contribution < 1.29 is 4.74 Å². The highest BCUT2D eigenvalue weighted by Gasteiger charge is 2.05. The zero-order valence-electron chi connectivity index (χ0n) is 11.5. The van der Waals surface area contributed by atoms with Crippen LogP contribution in [-0.4, -0.2) is 26.6 Å². The fourth-order valence-electron chi connectivity index (χ4n) is 2.05. The normalized spacial score (nSPS) is 10.9. The minimum Gasteiger partial charge on any atom is -0.487 e. The maximum Gasteiger partial charge on any atom is 0.274 e. The Morgan fingerprint density at radius 1 is 1.38 bits per heavy atom. The molecule has 0 saturated carbocycles. The van der Waals surface area contributed by atoms with Crippen LogP contribution in [0.4, 0.5) is 0 Å². The first kappa shape index (κ1) is 13.3. The summed E-state index contributed by atoms with van der Waals surface area (Å²) in [5, 5.41) is 5.78. The predicted octanol–water partition coefficient (Wildman–Crippen LogP) is 0.716. The van der Waals surface area contributed by atoms with E-state index in [1.165, 1.54) is 16.9 Å². The Morgan fingerprint density at radius 3 is 3.14 bits per heavy atom. The minimum absolute atomic E-state index is 0.208. The van der Waals surface area contributed by atoms with Gasteiger partial charge in [-0.05, 0) is 24.7 Å². The lowest BCUT2D eigenvalue weighted by Gasteiger charge is -2.07. The second kappa shape index (κ2) is 5.76. The van der Waals surface area contributed by atoms with Crippen LogP contribution in [0.3, 0.4) is 0 Å². The number of rotatable bonds is 5. The lowest BCUT2D eigenvalue weighted by Crippen LogP contribution is -2.16. The third-order valence-electron chi connectivity index (χ3n) is 2.99. The third kappa shape index (κ3) is 2.92. The van der Waals surface area contributed by atoms with Crippen LogP contribution < -0.4 is 15.6 Å². The van der Waals surface area contributed by atoms with Crippen molar-refractivity contribution in [3.63, 3.8) is 0 Å². The summed E-state index contributed by atoms with van der Waals surface area (Å²) >= 11 is 0. The summed E-state index contributed by atoms with van der Waals surface area (Å²) in [7, 11) is 1.89. The minimum atomic E-state index is -0.208. The first-order valence-corrected chi connectivity index (χ1v) is 6.54. The molecule has 3 rings (SSSR count). The highest BCUT2D eigenvalue weighted by molar-refractivity contribution is 5.29. The second-order valence-electron chi connectivity index (χ2n) is 4.57. The van der Waals surface area contributed by atoms with Crippen molar-refractivity contribution in [1.29, 1.82) is 0 Å². The summed E-state index contributed by atoms with van der Waals surface area (Å²) in [6, 6.07) is 9.21. The predicted molar refractivity (Wildman–Crippen MR) is 77.1 cm³/mol. The van der Waals surface area contributed by atoms with Crippen LogP contribution in [-0.2, 0) is 13.2 Å². The van der Waals surface area contributed by atoms with Crippen LogP contribution in [0.25, 0.3) is 5.78 Å². The number of aromatic amines is 1. The number of nitrogens with zero attached hydrogens (tertiary/aromatic N) is 3. The summed E-state index contributed by atoms with van der Waals surface area (Å²) in [4.78, 5) is 20.0. The molecular formula is C14H15N5O2. The van der Waals surface area contributed by atoms with Gasteiger partial charge >= 0.3 is 0 Å². The number of benzene rings is 1. The molecule has 0 amide bonds. The molecule has 0 fully saturated rings. The first-order valence-electron chi connectivity index (χ1n) is 6.54. The van der Waals surface area contributed by atoms with Crippen molar-refractivity contribution in [2.75, 3.05) is 7.05 Å². The van der Waals surface area contributed by atoms with E-state index >= 15 is 0 Å². The molecule has 2 heterocycles. The monoisotopic (exact) mass is 285 g/mol. The van der Waals surface area contributed by atoms with Crippen molar-refractivity contribution in [2.45, 2.75) is 13.2 Å². The molecule has 108 valence electrons. The van der Waals surface area contributed by atoms with Crippen LogP contribution in [0.2, 0.25) is 0 Å². The quantitative estimate of drug-likeness (QED) is 0.721. The van der Waals surface area contributed by atoms with Gasteiger partial charge in [-0.1, -0.05) is 12.1 Å². The molecule has 21 heavy (non-hydrogen) atoms. The molecule has 0 atom stereocenters. The van der Waals surface area contributed by atoms with Gasteiger partial charge < -0.3 is 10.1 Å². The first-order chi connectivity index (χ1) is 10.3. The third-order valence-corrected chi connectivity index (χ3v) is 2.99. The van der Waals surface area contributed by atoms with Crippen molar-refractivity contribution in [2.24, 2.45) is 0 Å². The highest BCUT2D eigenvalue weighted by Crippen LogP contribution is 2.14. The van der Waals surface area contributed by atoms with Gasteiger partial charge in [0.05, 0.1) is 5.69 Å². The van der Waals surface area contributed by atoms with Crippen LogP contribution in [0, 0.1) is 0 Å². The number of ether oxygens (including phenoxy) is 1. The lowest BCUT2D eigenvalue weighted by atomic mass is 10.2. The summed E-state index contributed by atoms with van der Waals surface area (Å²) in [6.07, 6.45) is 1.43. The summed E-state index contributed by atoms with van der Waals surface area (Å²) in [5.74, 6) is 1.08. The van der Waals surface area contributed by atoms with Crippen LogP contribution in [0.5, 0.6) is 5.75 Å². The molecule has 0 aliphatic heterocycles. The Bertz CT molecular complexity index is 808. The standard InChI is InChI=1S/C14H15N5O2/c1-15-7-10-3-2-4-12(5-10)21-8-11-6-13(20)19-14(18-11)16-9-17-19/h2-6,9,15H,7-8H2,1H3,(H,16,17,18). The van der Waals surface area contributed by atoms with E-state index in [-0.39, 0.29) is 12.2 Å². The number of nitrogens with one attached hydrogen (secondary N) is 2. The second-order valence-corrected chi connectivity index (χ2v) is 4.57. The number of hydrogen-bond donors (Lipinski definition) is 2. The van der Waals surface area contributed by atoms with E-state index in [9.17, 15) is 4.79 Å². The van der Waals surface area contributed by atoms with Crippen molar-refractivity contribution in [3.05, 3.63) is 58.3 Å². The molecule has 0 radical (unpaired) electrons. The van der Waals surface area contributed by atoms with E-state index in [0.29, 0.717) is 11.5 Å². The van der Waals surface area contributed by atoms with Gasteiger partial charge in [-0.3, -0.25) is 9.89 Å². The summed E-state index contributed by atoms with van der Waals surface area (Å²) < 4.78 is 6.96. The Morgan fingerprint density at radius 2 is 2.29 bits per heavy atom. The molecule has 0 unspecified atom stereocenters. The van der Waals surface area contributed by atoms with Gasteiger partial charge in [0.2, 0.25) is 0 Å². The van der Waals surface area contributed by atoms with Gasteiger partial charge in [-0.25, -0.2) is 9.97 Å². The summed E-state index contributed by atoms with van der Waals surface area (Å²) in [6.45, 7) is 0.998. The average molecular weight is 285 g/mol. The Balaban J connectivity index is 1.76. The number of fused-ring (bicyclic) bond motifs is 1. The molecule has 0 aliphatic carbocycles. The van der Waals surface area contributed by atoms with Crippen molar-refractivity contribution in [3.8, 4) is 5.75 Å².